The van der Waals surface area contributed by atoms with Crippen LogP contribution in [0.5, 0.6) is 5.75 Å². The molecule has 0 atom stereocenters. The first-order chi connectivity index (χ1) is 13.7. The number of fused-ring (bicyclic) bond motifs is 1. The summed E-state index contributed by atoms with van der Waals surface area (Å²) in [5, 5.41) is 3.40. The van der Waals surface area contributed by atoms with E-state index in [9.17, 15) is 0 Å². The minimum absolute atomic E-state index is 0.261. The van der Waals surface area contributed by atoms with Gasteiger partial charge in [-0.3, -0.25) is 0 Å². The number of thiophene rings is 1. The van der Waals surface area contributed by atoms with E-state index < -0.39 is 0 Å². The lowest BCUT2D eigenvalue weighted by atomic mass is 10.1. The highest BCUT2D eigenvalue weighted by molar-refractivity contribution is 7.17. The molecule has 2 aromatic carbocycles. The number of para-hydroxylation sites is 1. The summed E-state index contributed by atoms with van der Waals surface area (Å²) in [4.78, 5) is 12.1. The molecular formula is C22H20ClN3OS. The van der Waals surface area contributed by atoms with Crippen LogP contribution in [0.2, 0.25) is 5.28 Å². The summed E-state index contributed by atoms with van der Waals surface area (Å²) >= 11 is 7.85. The van der Waals surface area contributed by atoms with Crippen molar-refractivity contribution in [3.8, 4) is 16.9 Å². The number of nitrogens with zero attached hydrogens (tertiary/aromatic N) is 3. The van der Waals surface area contributed by atoms with Crippen molar-refractivity contribution in [2.24, 2.45) is 0 Å². The molecule has 0 N–H and O–H groups in total. The molecule has 0 aliphatic heterocycles. The minimum Gasteiger partial charge on any atom is -0.494 e. The molecule has 0 saturated carbocycles. The summed E-state index contributed by atoms with van der Waals surface area (Å²) in [6.45, 7) is 5.51. The van der Waals surface area contributed by atoms with Crippen molar-refractivity contribution in [3.05, 3.63) is 65.3 Å². The Bertz CT molecular complexity index is 1080. The number of ether oxygens (including phenoxy) is 1. The maximum absolute atomic E-state index is 6.26. The molecule has 0 unspecified atom stereocenters. The van der Waals surface area contributed by atoms with E-state index in [4.69, 9.17) is 16.3 Å². The van der Waals surface area contributed by atoms with Crippen molar-refractivity contribution < 1.29 is 4.74 Å². The lowest BCUT2D eigenvalue weighted by molar-refractivity contribution is 0.340. The predicted molar refractivity (Wildman–Crippen MR) is 118 cm³/mol. The van der Waals surface area contributed by atoms with Crippen LogP contribution in [0.4, 0.5) is 11.5 Å². The van der Waals surface area contributed by atoms with Gasteiger partial charge in [-0.1, -0.05) is 30.3 Å². The SMILES string of the molecule is CCOc1ccc(-c2csc3nc(Cl)nc(N(CC)c4ccccc4)c23)cc1. The topological polar surface area (TPSA) is 38.3 Å². The normalized spacial score (nSPS) is 11.0. The number of aromatic nitrogens is 2. The number of halogens is 1. The third-order valence-corrected chi connectivity index (χ3v) is 5.54. The zero-order valence-electron chi connectivity index (χ0n) is 15.7. The van der Waals surface area contributed by atoms with Gasteiger partial charge in [0.25, 0.3) is 0 Å². The second-order valence-corrected chi connectivity index (χ2v) is 7.38. The summed E-state index contributed by atoms with van der Waals surface area (Å²) in [6.07, 6.45) is 0. The van der Waals surface area contributed by atoms with E-state index in [0.717, 1.165) is 45.1 Å². The molecule has 142 valence electrons. The van der Waals surface area contributed by atoms with Crippen LogP contribution in [-0.4, -0.2) is 23.1 Å². The first-order valence-corrected chi connectivity index (χ1v) is 10.5. The number of benzene rings is 2. The standard InChI is InChI=1S/C22H20ClN3OS/c1-3-26(16-8-6-5-7-9-16)20-19-18(14-28-21(19)25-22(23)24-20)15-10-12-17(13-11-15)27-4-2/h5-14H,3-4H2,1-2H3. The maximum atomic E-state index is 6.26. The number of hydrogen-bond donors (Lipinski definition) is 0. The molecule has 0 aliphatic rings. The zero-order valence-corrected chi connectivity index (χ0v) is 17.3. The van der Waals surface area contributed by atoms with E-state index in [1.54, 1.807) is 11.3 Å². The Kier molecular flexibility index (Phi) is 5.46. The van der Waals surface area contributed by atoms with Crippen LogP contribution >= 0.6 is 22.9 Å². The van der Waals surface area contributed by atoms with Gasteiger partial charge in [0.15, 0.2) is 0 Å². The van der Waals surface area contributed by atoms with E-state index in [1.807, 2.05) is 37.3 Å². The van der Waals surface area contributed by atoms with Crippen molar-refractivity contribution in [1.29, 1.82) is 0 Å². The predicted octanol–water partition coefficient (Wildman–Crippen LogP) is 6.57. The number of hydrogen-bond acceptors (Lipinski definition) is 5. The molecule has 0 aliphatic carbocycles. The average molecular weight is 410 g/mol. The first-order valence-electron chi connectivity index (χ1n) is 9.21. The Labute approximate surface area is 173 Å². The molecule has 0 bridgehead atoms. The Morgan fingerprint density at radius 2 is 1.75 bits per heavy atom. The maximum Gasteiger partial charge on any atom is 0.225 e. The monoisotopic (exact) mass is 409 g/mol. The smallest absolute Gasteiger partial charge is 0.225 e. The summed E-state index contributed by atoms with van der Waals surface area (Å²) in [5.74, 6) is 1.69. The van der Waals surface area contributed by atoms with Gasteiger partial charge in [0.1, 0.15) is 16.4 Å². The van der Waals surface area contributed by atoms with Gasteiger partial charge in [-0.25, -0.2) is 4.98 Å². The second kappa shape index (κ2) is 8.17. The summed E-state index contributed by atoms with van der Waals surface area (Å²) in [5.41, 5.74) is 3.28. The van der Waals surface area contributed by atoms with E-state index >= 15 is 0 Å². The van der Waals surface area contributed by atoms with E-state index in [2.05, 4.69) is 51.4 Å². The Morgan fingerprint density at radius 1 is 1.00 bits per heavy atom. The van der Waals surface area contributed by atoms with Crippen LogP contribution < -0.4 is 9.64 Å². The fourth-order valence-corrected chi connectivity index (χ4v) is 4.42. The molecule has 0 spiro atoms. The van der Waals surface area contributed by atoms with Gasteiger partial charge in [0.05, 0.1) is 12.0 Å². The summed E-state index contributed by atoms with van der Waals surface area (Å²) in [7, 11) is 0. The van der Waals surface area contributed by atoms with Crippen molar-refractivity contribution >= 4 is 44.7 Å². The highest BCUT2D eigenvalue weighted by Crippen LogP contribution is 2.41. The molecule has 4 aromatic rings. The molecule has 0 saturated heterocycles. The molecule has 0 fully saturated rings. The largest absolute Gasteiger partial charge is 0.494 e. The third kappa shape index (κ3) is 3.55. The van der Waals surface area contributed by atoms with Crippen LogP contribution in [0.25, 0.3) is 21.3 Å². The molecule has 28 heavy (non-hydrogen) atoms. The van der Waals surface area contributed by atoms with Gasteiger partial charge < -0.3 is 9.64 Å². The van der Waals surface area contributed by atoms with Crippen LogP contribution in [0.1, 0.15) is 13.8 Å². The van der Waals surface area contributed by atoms with E-state index in [0.29, 0.717) is 6.61 Å². The fraction of sp³-hybridized carbons (Fsp3) is 0.182. The van der Waals surface area contributed by atoms with Gasteiger partial charge in [-0.2, -0.15) is 4.98 Å². The van der Waals surface area contributed by atoms with Gasteiger partial charge in [-0.05, 0) is 55.3 Å². The molecule has 4 rings (SSSR count). The third-order valence-electron chi connectivity index (χ3n) is 4.50. The minimum atomic E-state index is 0.261. The van der Waals surface area contributed by atoms with Crippen molar-refractivity contribution in [2.75, 3.05) is 18.1 Å². The molecule has 0 amide bonds. The fourth-order valence-electron chi connectivity index (χ4n) is 3.27. The van der Waals surface area contributed by atoms with E-state index in [-0.39, 0.29) is 5.28 Å². The van der Waals surface area contributed by atoms with Gasteiger partial charge in [-0.15, -0.1) is 11.3 Å². The quantitative estimate of drug-likeness (QED) is 0.337. The van der Waals surface area contributed by atoms with Crippen LogP contribution in [0, 0.1) is 0 Å². The molecule has 4 nitrogen and oxygen atoms in total. The van der Waals surface area contributed by atoms with Crippen molar-refractivity contribution in [1.82, 2.24) is 9.97 Å². The van der Waals surface area contributed by atoms with E-state index in [1.165, 1.54) is 0 Å². The second-order valence-electron chi connectivity index (χ2n) is 6.18. The molecule has 2 heterocycles. The van der Waals surface area contributed by atoms with Gasteiger partial charge >= 0.3 is 0 Å². The Balaban J connectivity index is 1.88. The molecule has 0 radical (unpaired) electrons. The highest BCUT2D eigenvalue weighted by Gasteiger charge is 2.20. The Morgan fingerprint density at radius 3 is 2.43 bits per heavy atom. The van der Waals surface area contributed by atoms with Crippen LogP contribution in [0.3, 0.4) is 0 Å². The van der Waals surface area contributed by atoms with Crippen molar-refractivity contribution in [2.45, 2.75) is 13.8 Å². The van der Waals surface area contributed by atoms with Gasteiger partial charge in [0, 0.05) is 23.2 Å². The Hall–Kier alpha value is -2.63. The molecule has 6 heteroatoms. The zero-order chi connectivity index (χ0) is 19.5. The van der Waals surface area contributed by atoms with Gasteiger partial charge in [0.2, 0.25) is 5.28 Å². The van der Waals surface area contributed by atoms with Crippen molar-refractivity contribution in [3.63, 3.8) is 0 Å². The summed E-state index contributed by atoms with van der Waals surface area (Å²) < 4.78 is 5.57. The number of rotatable bonds is 6. The summed E-state index contributed by atoms with van der Waals surface area (Å²) in [6, 6.07) is 18.4. The molecular weight excluding hydrogens is 390 g/mol. The number of anilines is 2. The lowest BCUT2D eigenvalue weighted by Gasteiger charge is -2.23. The van der Waals surface area contributed by atoms with Crippen LogP contribution in [-0.2, 0) is 0 Å². The average Bonchev–Trinajstić information content (AvgIpc) is 3.14. The first kappa shape index (κ1) is 18.7. The highest BCUT2D eigenvalue weighted by atomic mass is 35.5. The van der Waals surface area contributed by atoms with Crippen LogP contribution in [0.15, 0.2) is 60.0 Å². The lowest BCUT2D eigenvalue weighted by Crippen LogP contribution is -2.18. The molecule has 2 aromatic heterocycles.